The summed E-state index contributed by atoms with van der Waals surface area (Å²) in [5, 5.41) is 13.6. The largest absolute Gasteiger partial charge is 0.496 e. The molecule has 0 saturated carbocycles. The summed E-state index contributed by atoms with van der Waals surface area (Å²) in [7, 11) is 1.61. The van der Waals surface area contributed by atoms with Crippen molar-refractivity contribution in [3.63, 3.8) is 0 Å². The van der Waals surface area contributed by atoms with Crippen molar-refractivity contribution in [2.24, 2.45) is 0 Å². The van der Waals surface area contributed by atoms with Crippen molar-refractivity contribution in [3.8, 4) is 11.4 Å². The summed E-state index contributed by atoms with van der Waals surface area (Å²) in [5.41, 5.74) is 1.83. The summed E-state index contributed by atoms with van der Waals surface area (Å²) < 4.78 is 12.5. The van der Waals surface area contributed by atoms with Gasteiger partial charge in [0, 0.05) is 31.0 Å². The molecule has 3 rings (SSSR count). The molecule has 1 aromatic heterocycles. The molecule has 0 radical (unpaired) electrons. The van der Waals surface area contributed by atoms with Crippen molar-refractivity contribution >= 4 is 5.97 Å². The van der Waals surface area contributed by atoms with Crippen LogP contribution in [0.25, 0.3) is 5.69 Å². The smallest absolute Gasteiger partial charge is 0.323 e. The quantitative estimate of drug-likeness (QED) is 0.892. The van der Waals surface area contributed by atoms with Gasteiger partial charge in [-0.15, -0.1) is 0 Å². The first-order valence-electron chi connectivity index (χ1n) is 7.40. The number of aromatic nitrogens is 2. The number of carboxylic acid groups (broad SMARTS) is 1. The van der Waals surface area contributed by atoms with Gasteiger partial charge in [-0.05, 0) is 24.3 Å². The van der Waals surface area contributed by atoms with E-state index in [2.05, 4.69) is 5.10 Å². The molecule has 2 aromatic rings. The Morgan fingerprint density at radius 1 is 1.52 bits per heavy atom. The number of carbonyl (C=O) groups is 1. The highest BCUT2D eigenvalue weighted by Gasteiger charge is 2.29. The van der Waals surface area contributed by atoms with Crippen molar-refractivity contribution in [2.75, 3.05) is 26.9 Å². The predicted octanol–water partition coefficient (Wildman–Crippen LogP) is 1.17. The van der Waals surface area contributed by atoms with Crippen LogP contribution in [-0.4, -0.2) is 58.7 Å². The van der Waals surface area contributed by atoms with Gasteiger partial charge >= 0.3 is 5.97 Å². The molecular formula is C16H19N3O4. The predicted molar refractivity (Wildman–Crippen MR) is 82.8 cm³/mol. The summed E-state index contributed by atoms with van der Waals surface area (Å²) in [5.74, 6) is -0.136. The van der Waals surface area contributed by atoms with Crippen LogP contribution in [0.15, 0.2) is 36.7 Å². The summed E-state index contributed by atoms with van der Waals surface area (Å²) in [6.07, 6.45) is 3.58. The number of rotatable bonds is 5. The molecule has 122 valence electrons. The lowest BCUT2D eigenvalue weighted by Crippen LogP contribution is -2.49. The fourth-order valence-corrected chi connectivity index (χ4v) is 2.73. The van der Waals surface area contributed by atoms with E-state index in [0.717, 1.165) is 17.0 Å². The second-order valence-electron chi connectivity index (χ2n) is 5.35. The molecular weight excluding hydrogens is 298 g/mol. The van der Waals surface area contributed by atoms with Crippen LogP contribution >= 0.6 is 0 Å². The third-order valence-electron chi connectivity index (χ3n) is 3.93. The Morgan fingerprint density at radius 3 is 3.09 bits per heavy atom. The van der Waals surface area contributed by atoms with E-state index in [0.29, 0.717) is 19.7 Å². The van der Waals surface area contributed by atoms with E-state index in [1.807, 2.05) is 35.4 Å². The average Bonchev–Trinajstić information content (AvgIpc) is 3.09. The number of hydrogen-bond donors (Lipinski definition) is 1. The fraction of sp³-hybridized carbons (Fsp3) is 0.375. The lowest BCUT2D eigenvalue weighted by molar-refractivity contribution is -0.150. The third-order valence-corrected chi connectivity index (χ3v) is 3.93. The van der Waals surface area contributed by atoms with Crippen molar-refractivity contribution in [2.45, 2.75) is 12.6 Å². The molecule has 1 aliphatic rings. The van der Waals surface area contributed by atoms with Gasteiger partial charge in [0.15, 0.2) is 0 Å². The number of ether oxygens (including phenoxy) is 2. The molecule has 0 bridgehead atoms. The maximum absolute atomic E-state index is 11.4. The van der Waals surface area contributed by atoms with Crippen LogP contribution in [0.2, 0.25) is 0 Å². The molecule has 1 fully saturated rings. The van der Waals surface area contributed by atoms with Gasteiger partial charge in [-0.3, -0.25) is 9.69 Å². The van der Waals surface area contributed by atoms with Gasteiger partial charge in [0.1, 0.15) is 11.8 Å². The van der Waals surface area contributed by atoms with Crippen LogP contribution in [0.5, 0.6) is 5.75 Å². The Kier molecular flexibility index (Phi) is 4.59. The van der Waals surface area contributed by atoms with Crippen LogP contribution in [0.1, 0.15) is 5.56 Å². The molecule has 0 aliphatic carbocycles. The second kappa shape index (κ2) is 6.80. The molecule has 0 amide bonds. The number of aliphatic carboxylic acids is 1. The average molecular weight is 317 g/mol. The van der Waals surface area contributed by atoms with E-state index in [1.165, 1.54) is 0 Å². The molecule has 1 aromatic carbocycles. The fourth-order valence-electron chi connectivity index (χ4n) is 2.73. The van der Waals surface area contributed by atoms with Crippen LogP contribution < -0.4 is 4.74 Å². The minimum atomic E-state index is -0.869. The summed E-state index contributed by atoms with van der Waals surface area (Å²) in [6.45, 7) is 1.80. The summed E-state index contributed by atoms with van der Waals surface area (Å²) >= 11 is 0. The van der Waals surface area contributed by atoms with Gasteiger partial charge < -0.3 is 14.6 Å². The first kappa shape index (κ1) is 15.5. The summed E-state index contributed by atoms with van der Waals surface area (Å²) in [6, 6.07) is 6.99. The molecule has 0 spiro atoms. The topological polar surface area (TPSA) is 76.8 Å². The normalized spacial score (nSPS) is 18.7. The number of carboxylic acids is 1. The number of methoxy groups -OCH3 is 1. The lowest BCUT2D eigenvalue weighted by atomic mass is 10.1. The van der Waals surface area contributed by atoms with E-state index in [4.69, 9.17) is 9.47 Å². The highest BCUT2D eigenvalue weighted by molar-refractivity contribution is 5.73. The molecule has 1 unspecified atom stereocenters. The highest BCUT2D eigenvalue weighted by atomic mass is 16.5. The van der Waals surface area contributed by atoms with Crippen molar-refractivity contribution in [1.82, 2.24) is 14.7 Å². The Bertz CT molecular complexity index is 672. The van der Waals surface area contributed by atoms with E-state index in [9.17, 15) is 9.90 Å². The minimum Gasteiger partial charge on any atom is -0.496 e. The third kappa shape index (κ3) is 3.35. The first-order valence-corrected chi connectivity index (χ1v) is 7.40. The zero-order valence-electron chi connectivity index (χ0n) is 12.9. The standard InChI is InChI=1S/C16H19N3O4/c1-22-15-4-3-13(19-6-2-5-17-19)9-12(15)10-18-7-8-23-11-14(18)16(20)21/h2-6,9,14H,7-8,10-11H2,1H3,(H,20,21). The molecule has 1 aliphatic heterocycles. The van der Waals surface area contributed by atoms with E-state index < -0.39 is 12.0 Å². The maximum Gasteiger partial charge on any atom is 0.323 e. The van der Waals surface area contributed by atoms with Crippen LogP contribution in [0.4, 0.5) is 0 Å². The molecule has 1 saturated heterocycles. The first-order chi connectivity index (χ1) is 11.2. The monoisotopic (exact) mass is 317 g/mol. The van der Waals surface area contributed by atoms with Gasteiger partial charge in [0.25, 0.3) is 0 Å². The Hall–Kier alpha value is -2.38. The second-order valence-corrected chi connectivity index (χ2v) is 5.35. The minimum absolute atomic E-state index is 0.205. The van der Waals surface area contributed by atoms with Gasteiger partial charge in [0.05, 0.1) is 26.0 Å². The zero-order chi connectivity index (χ0) is 16.2. The molecule has 7 heteroatoms. The number of benzene rings is 1. The van der Waals surface area contributed by atoms with Gasteiger partial charge in [0.2, 0.25) is 0 Å². The number of morpholine rings is 1. The summed E-state index contributed by atoms with van der Waals surface area (Å²) in [4.78, 5) is 13.3. The SMILES string of the molecule is COc1ccc(-n2cccn2)cc1CN1CCOCC1C(=O)O. The van der Waals surface area contributed by atoms with Crippen LogP contribution in [0, 0.1) is 0 Å². The number of nitrogens with zero attached hydrogens (tertiary/aromatic N) is 3. The van der Waals surface area contributed by atoms with Crippen molar-refractivity contribution in [3.05, 3.63) is 42.2 Å². The van der Waals surface area contributed by atoms with Gasteiger partial charge in [-0.2, -0.15) is 5.10 Å². The molecule has 7 nitrogen and oxygen atoms in total. The molecule has 1 atom stereocenters. The van der Waals surface area contributed by atoms with Crippen LogP contribution in [0.3, 0.4) is 0 Å². The van der Waals surface area contributed by atoms with E-state index in [1.54, 1.807) is 18.0 Å². The Labute approximate surface area is 134 Å². The van der Waals surface area contributed by atoms with E-state index in [-0.39, 0.29) is 6.61 Å². The maximum atomic E-state index is 11.4. The Balaban J connectivity index is 1.88. The highest BCUT2D eigenvalue weighted by Crippen LogP contribution is 2.24. The van der Waals surface area contributed by atoms with Crippen molar-refractivity contribution in [1.29, 1.82) is 0 Å². The van der Waals surface area contributed by atoms with E-state index >= 15 is 0 Å². The van der Waals surface area contributed by atoms with Gasteiger partial charge in [-0.1, -0.05) is 0 Å². The van der Waals surface area contributed by atoms with Crippen molar-refractivity contribution < 1.29 is 19.4 Å². The van der Waals surface area contributed by atoms with Gasteiger partial charge in [-0.25, -0.2) is 4.68 Å². The lowest BCUT2D eigenvalue weighted by Gasteiger charge is -2.33. The zero-order valence-corrected chi connectivity index (χ0v) is 12.9. The molecule has 23 heavy (non-hydrogen) atoms. The Morgan fingerprint density at radius 2 is 2.39 bits per heavy atom. The molecule has 2 heterocycles. The van der Waals surface area contributed by atoms with Crippen LogP contribution in [-0.2, 0) is 16.1 Å². The molecule has 1 N–H and O–H groups in total. The number of hydrogen-bond acceptors (Lipinski definition) is 5.